The van der Waals surface area contributed by atoms with E-state index in [4.69, 9.17) is 12.2 Å². The molecule has 2 aromatic carbocycles. The van der Waals surface area contributed by atoms with Crippen molar-refractivity contribution in [1.82, 2.24) is 19.8 Å². The van der Waals surface area contributed by atoms with Gasteiger partial charge in [0.05, 0.1) is 17.8 Å². The Bertz CT molecular complexity index is 1310. The number of carbonyl (C=O) groups is 1. The van der Waals surface area contributed by atoms with Crippen LogP contribution in [0.5, 0.6) is 5.75 Å². The smallest absolute Gasteiger partial charge is 0.226 e. The molecule has 0 radical (unpaired) electrons. The topological polar surface area (TPSA) is 82.4 Å². The van der Waals surface area contributed by atoms with Gasteiger partial charge in [-0.2, -0.15) is 0 Å². The molecule has 2 atom stereocenters. The maximum atomic E-state index is 12.7. The van der Waals surface area contributed by atoms with E-state index in [1.54, 1.807) is 18.3 Å². The highest BCUT2D eigenvalue weighted by Gasteiger charge is 2.41. The lowest BCUT2D eigenvalue weighted by Crippen LogP contribution is -2.33. The number of aromatic nitrogens is 2. The van der Waals surface area contributed by atoms with Crippen molar-refractivity contribution in [3.8, 4) is 11.4 Å². The Morgan fingerprint density at radius 3 is 2.51 bits per heavy atom. The van der Waals surface area contributed by atoms with Gasteiger partial charge in [0.1, 0.15) is 5.75 Å². The van der Waals surface area contributed by atoms with Crippen LogP contribution in [0.25, 0.3) is 5.69 Å². The lowest BCUT2D eigenvalue weighted by Gasteiger charge is -2.28. The van der Waals surface area contributed by atoms with Crippen molar-refractivity contribution in [1.29, 1.82) is 0 Å². The van der Waals surface area contributed by atoms with Gasteiger partial charge in [0, 0.05) is 42.4 Å². The number of phenolic OH excluding ortho intramolecular Hbond substituents is 1. The third-order valence-corrected chi connectivity index (χ3v) is 6.40. The van der Waals surface area contributed by atoms with Gasteiger partial charge in [-0.05, 0) is 72.9 Å². The number of anilines is 1. The molecule has 1 fully saturated rings. The van der Waals surface area contributed by atoms with Crippen LogP contribution >= 0.6 is 12.2 Å². The molecule has 0 aliphatic carbocycles. The standard InChI is InChI=1S/C27H25N5O2S/c33-21-13-11-20(12-14-21)31-17-6-10-23(31)26-25(22-9-4-5-16-28-22)30-27(35)32(26)18-15-24(34)29-19-7-2-1-3-8-19/h1-14,16-17,25-26,33H,15,18H2,(H,29,34)(H,30,35)/t25-,26-/m0/s1. The summed E-state index contributed by atoms with van der Waals surface area (Å²) >= 11 is 5.74. The summed E-state index contributed by atoms with van der Waals surface area (Å²) in [4.78, 5) is 19.3. The van der Waals surface area contributed by atoms with E-state index in [9.17, 15) is 9.90 Å². The molecule has 35 heavy (non-hydrogen) atoms. The summed E-state index contributed by atoms with van der Waals surface area (Å²) in [6.07, 6.45) is 4.03. The minimum atomic E-state index is -0.189. The van der Waals surface area contributed by atoms with Gasteiger partial charge in [-0.3, -0.25) is 9.78 Å². The van der Waals surface area contributed by atoms with Crippen molar-refractivity contribution in [2.24, 2.45) is 0 Å². The van der Waals surface area contributed by atoms with Crippen LogP contribution in [-0.4, -0.2) is 37.1 Å². The number of benzene rings is 2. The Morgan fingerprint density at radius 2 is 1.77 bits per heavy atom. The molecular formula is C27H25N5O2S. The van der Waals surface area contributed by atoms with Gasteiger partial charge in [-0.1, -0.05) is 24.3 Å². The summed E-state index contributed by atoms with van der Waals surface area (Å²) in [5.74, 6) is 0.136. The van der Waals surface area contributed by atoms with E-state index in [2.05, 4.69) is 31.2 Å². The quantitative estimate of drug-likeness (QED) is 0.334. The molecule has 3 heterocycles. The SMILES string of the molecule is O=C(CCN1C(=S)N[C@@H](c2ccccn2)[C@@H]1c1cccn1-c1ccc(O)cc1)Nc1ccccc1. The number of amides is 1. The number of pyridine rings is 1. The molecule has 5 rings (SSSR count). The molecule has 3 N–H and O–H groups in total. The number of hydrogen-bond donors (Lipinski definition) is 3. The van der Waals surface area contributed by atoms with Crippen LogP contribution in [0.15, 0.2) is 97.3 Å². The Labute approximate surface area is 209 Å². The molecule has 0 spiro atoms. The molecule has 176 valence electrons. The summed E-state index contributed by atoms with van der Waals surface area (Å²) in [7, 11) is 0. The highest BCUT2D eigenvalue weighted by molar-refractivity contribution is 7.80. The number of nitrogens with zero attached hydrogens (tertiary/aromatic N) is 3. The number of hydrogen-bond acceptors (Lipinski definition) is 4. The number of rotatable bonds is 7. The molecule has 1 saturated heterocycles. The Morgan fingerprint density at radius 1 is 1.00 bits per heavy atom. The molecule has 0 unspecified atom stereocenters. The van der Waals surface area contributed by atoms with Crippen molar-refractivity contribution >= 4 is 28.9 Å². The Kier molecular flexibility index (Phi) is 6.45. The van der Waals surface area contributed by atoms with E-state index in [0.29, 0.717) is 11.7 Å². The Hall–Kier alpha value is -4.17. The summed E-state index contributed by atoms with van der Waals surface area (Å²) < 4.78 is 2.08. The van der Waals surface area contributed by atoms with E-state index >= 15 is 0 Å². The van der Waals surface area contributed by atoms with Gasteiger partial charge in [-0.15, -0.1) is 0 Å². The third-order valence-electron chi connectivity index (χ3n) is 6.05. The van der Waals surface area contributed by atoms with Crippen LogP contribution in [0.4, 0.5) is 5.69 Å². The van der Waals surface area contributed by atoms with Gasteiger partial charge in [0.2, 0.25) is 5.91 Å². The molecule has 1 amide bonds. The van der Waals surface area contributed by atoms with Gasteiger partial charge in [0.25, 0.3) is 0 Å². The van der Waals surface area contributed by atoms with Crippen molar-refractivity contribution in [2.75, 3.05) is 11.9 Å². The zero-order valence-corrected chi connectivity index (χ0v) is 19.7. The first kappa shape index (κ1) is 22.6. The van der Waals surface area contributed by atoms with E-state index in [-0.39, 0.29) is 30.2 Å². The molecule has 0 bridgehead atoms. The molecule has 2 aromatic heterocycles. The largest absolute Gasteiger partial charge is 0.508 e. The molecule has 1 aliphatic rings. The number of carbonyl (C=O) groups excluding carboxylic acids is 1. The number of thiocarbonyl (C=S) groups is 1. The number of para-hydroxylation sites is 1. The first-order valence-electron chi connectivity index (χ1n) is 11.4. The van der Waals surface area contributed by atoms with Gasteiger partial charge < -0.3 is 25.2 Å². The minimum Gasteiger partial charge on any atom is -0.508 e. The highest BCUT2D eigenvalue weighted by Crippen LogP contribution is 2.39. The third kappa shape index (κ3) is 4.88. The average molecular weight is 484 g/mol. The first-order chi connectivity index (χ1) is 17.1. The second kappa shape index (κ2) is 9.99. The van der Waals surface area contributed by atoms with E-state index < -0.39 is 0 Å². The summed E-state index contributed by atoms with van der Waals surface area (Å²) in [6, 6.07) is 26.0. The molecule has 8 heteroatoms. The van der Waals surface area contributed by atoms with Gasteiger partial charge in [0.15, 0.2) is 5.11 Å². The maximum absolute atomic E-state index is 12.7. The van der Waals surface area contributed by atoms with Crippen LogP contribution in [0.2, 0.25) is 0 Å². The van der Waals surface area contributed by atoms with E-state index in [0.717, 1.165) is 22.8 Å². The number of nitrogens with one attached hydrogen (secondary N) is 2. The first-order valence-corrected chi connectivity index (χ1v) is 11.8. The van der Waals surface area contributed by atoms with Crippen molar-refractivity contribution in [2.45, 2.75) is 18.5 Å². The zero-order chi connectivity index (χ0) is 24.2. The van der Waals surface area contributed by atoms with Crippen molar-refractivity contribution < 1.29 is 9.90 Å². The van der Waals surface area contributed by atoms with Gasteiger partial charge >= 0.3 is 0 Å². The summed E-state index contributed by atoms with van der Waals surface area (Å²) in [6.45, 7) is 0.444. The maximum Gasteiger partial charge on any atom is 0.226 e. The van der Waals surface area contributed by atoms with Crippen LogP contribution in [-0.2, 0) is 4.79 Å². The molecule has 4 aromatic rings. The van der Waals surface area contributed by atoms with Crippen LogP contribution in [0.3, 0.4) is 0 Å². The summed E-state index contributed by atoms with van der Waals surface area (Å²) in [5, 5.41) is 16.7. The van der Waals surface area contributed by atoms with Crippen LogP contribution < -0.4 is 10.6 Å². The number of phenols is 1. The predicted octanol–water partition coefficient (Wildman–Crippen LogP) is 4.58. The number of aromatic hydroxyl groups is 1. The van der Waals surface area contributed by atoms with Crippen molar-refractivity contribution in [3.05, 3.63) is 109 Å². The van der Waals surface area contributed by atoms with Crippen LogP contribution in [0, 0.1) is 0 Å². The lowest BCUT2D eigenvalue weighted by molar-refractivity contribution is -0.116. The fourth-order valence-electron chi connectivity index (χ4n) is 4.42. The van der Waals surface area contributed by atoms with E-state index in [1.165, 1.54) is 0 Å². The predicted molar refractivity (Wildman–Crippen MR) is 139 cm³/mol. The minimum absolute atomic E-state index is 0.0760. The lowest BCUT2D eigenvalue weighted by atomic mass is 10.0. The molecule has 7 nitrogen and oxygen atoms in total. The Balaban J connectivity index is 1.45. The molecule has 0 saturated carbocycles. The second-order valence-corrected chi connectivity index (χ2v) is 8.69. The molecular weight excluding hydrogens is 458 g/mol. The van der Waals surface area contributed by atoms with Gasteiger partial charge in [-0.25, -0.2) is 0 Å². The zero-order valence-electron chi connectivity index (χ0n) is 18.9. The highest BCUT2D eigenvalue weighted by atomic mass is 32.1. The average Bonchev–Trinajstić information content (AvgIpc) is 3.48. The fraction of sp³-hybridized carbons (Fsp3) is 0.148. The van der Waals surface area contributed by atoms with Crippen LogP contribution in [0.1, 0.15) is 29.9 Å². The monoisotopic (exact) mass is 483 g/mol. The molecule has 1 aliphatic heterocycles. The van der Waals surface area contributed by atoms with Crippen molar-refractivity contribution in [3.63, 3.8) is 0 Å². The summed E-state index contributed by atoms with van der Waals surface area (Å²) in [5.41, 5.74) is 3.56. The van der Waals surface area contributed by atoms with E-state index in [1.807, 2.05) is 72.9 Å². The second-order valence-electron chi connectivity index (χ2n) is 8.30. The normalized spacial score (nSPS) is 17.3. The fourth-order valence-corrected chi connectivity index (χ4v) is 4.75.